The Morgan fingerprint density at radius 2 is 2.17 bits per heavy atom. The quantitative estimate of drug-likeness (QED) is 0.911. The van der Waals surface area contributed by atoms with Crippen LogP contribution >= 0.6 is 15.9 Å². The lowest BCUT2D eigenvalue weighted by molar-refractivity contribution is 0.414. The maximum atomic E-state index is 5.53. The van der Waals surface area contributed by atoms with Crippen LogP contribution in [-0.2, 0) is 6.54 Å². The second-order valence-electron chi connectivity index (χ2n) is 3.90. The fourth-order valence-corrected chi connectivity index (χ4v) is 2.23. The molecule has 2 rings (SSSR count). The van der Waals surface area contributed by atoms with Gasteiger partial charge in [-0.15, -0.1) is 0 Å². The van der Waals surface area contributed by atoms with E-state index in [9.17, 15) is 0 Å². The van der Waals surface area contributed by atoms with Crippen LogP contribution in [0, 0.1) is 0 Å². The molecule has 0 saturated carbocycles. The van der Waals surface area contributed by atoms with Gasteiger partial charge in [0.15, 0.2) is 0 Å². The van der Waals surface area contributed by atoms with Crippen molar-refractivity contribution in [1.82, 2.24) is 5.32 Å². The van der Waals surface area contributed by atoms with Crippen LogP contribution in [-0.4, -0.2) is 13.7 Å². The predicted octanol–water partition coefficient (Wildman–Crippen LogP) is 3.83. The van der Waals surface area contributed by atoms with E-state index >= 15 is 0 Å². The number of furan rings is 1. The fourth-order valence-electron chi connectivity index (χ4n) is 1.81. The molecule has 1 aromatic carbocycles. The van der Waals surface area contributed by atoms with Gasteiger partial charge in [-0.05, 0) is 52.3 Å². The molecule has 3 nitrogen and oxygen atoms in total. The number of rotatable bonds is 5. The van der Waals surface area contributed by atoms with Gasteiger partial charge in [-0.1, -0.05) is 6.92 Å². The van der Waals surface area contributed by atoms with E-state index in [0.717, 1.165) is 40.2 Å². The molecule has 1 heterocycles. The van der Waals surface area contributed by atoms with Gasteiger partial charge in [0, 0.05) is 12.1 Å². The molecule has 0 aliphatic rings. The van der Waals surface area contributed by atoms with Crippen molar-refractivity contribution in [3.05, 3.63) is 40.6 Å². The number of benzene rings is 1. The Hall–Kier alpha value is -1.26. The topological polar surface area (TPSA) is 34.4 Å². The lowest BCUT2D eigenvalue weighted by atomic mass is 10.0. The molecule has 0 spiro atoms. The van der Waals surface area contributed by atoms with Gasteiger partial charge in [0.25, 0.3) is 0 Å². The monoisotopic (exact) mass is 309 g/mol. The summed E-state index contributed by atoms with van der Waals surface area (Å²) >= 11 is 3.50. The molecule has 0 amide bonds. The first-order valence-electron chi connectivity index (χ1n) is 5.87. The molecule has 1 N–H and O–H groups in total. The van der Waals surface area contributed by atoms with Crippen LogP contribution in [0.15, 0.2) is 39.4 Å². The van der Waals surface area contributed by atoms with E-state index in [1.54, 1.807) is 13.4 Å². The zero-order chi connectivity index (χ0) is 13.0. The molecule has 0 saturated heterocycles. The van der Waals surface area contributed by atoms with Gasteiger partial charge in [0.2, 0.25) is 0 Å². The molecule has 0 aliphatic heterocycles. The summed E-state index contributed by atoms with van der Waals surface area (Å²) in [7, 11) is 1.68. The number of ether oxygens (including phenoxy) is 1. The Kier molecular flexibility index (Phi) is 4.44. The summed E-state index contributed by atoms with van der Waals surface area (Å²) in [6, 6.07) is 7.90. The average Bonchev–Trinajstić information content (AvgIpc) is 2.82. The molecule has 0 fully saturated rings. The first-order valence-corrected chi connectivity index (χ1v) is 6.66. The average molecular weight is 310 g/mol. The SMILES string of the molecule is CCNCc1cc(OC)ccc1-c1occc1Br. The van der Waals surface area contributed by atoms with Gasteiger partial charge in [0.1, 0.15) is 11.5 Å². The molecule has 0 bridgehead atoms. The molecular formula is C14H16BrNO2. The summed E-state index contributed by atoms with van der Waals surface area (Å²) in [6.45, 7) is 3.80. The second-order valence-corrected chi connectivity index (χ2v) is 4.76. The third kappa shape index (κ3) is 2.76. The first kappa shape index (κ1) is 13.2. The molecule has 0 atom stereocenters. The van der Waals surface area contributed by atoms with Gasteiger partial charge >= 0.3 is 0 Å². The van der Waals surface area contributed by atoms with Crippen molar-refractivity contribution in [1.29, 1.82) is 0 Å². The van der Waals surface area contributed by atoms with Crippen LogP contribution in [0.3, 0.4) is 0 Å². The fraction of sp³-hybridized carbons (Fsp3) is 0.286. The van der Waals surface area contributed by atoms with Gasteiger partial charge < -0.3 is 14.5 Å². The van der Waals surface area contributed by atoms with E-state index in [2.05, 4.69) is 28.2 Å². The van der Waals surface area contributed by atoms with Gasteiger partial charge in [-0.2, -0.15) is 0 Å². The molecule has 96 valence electrons. The highest BCUT2D eigenvalue weighted by molar-refractivity contribution is 9.10. The molecule has 0 aliphatic carbocycles. The highest BCUT2D eigenvalue weighted by Gasteiger charge is 2.12. The van der Waals surface area contributed by atoms with E-state index < -0.39 is 0 Å². The largest absolute Gasteiger partial charge is 0.497 e. The zero-order valence-electron chi connectivity index (χ0n) is 10.5. The third-order valence-corrected chi connectivity index (χ3v) is 3.36. The van der Waals surface area contributed by atoms with Crippen LogP contribution < -0.4 is 10.1 Å². The lowest BCUT2D eigenvalue weighted by Crippen LogP contribution is -2.12. The van der Waals surface area contributed by atoms with Gasteiger partial charge in [-0.25, -0.2) is 0 Å². The summed E-state index contributed by atoms with van der Waals surface area (Å²) in [5.74, 6) is 1.71. The molecule has 18 heavy (non-hydrogen) atoms. The van der Waals surface area contributed by atoms with E-state index in [4.69, 9.17) is 9.15 Å². The van der Waals surface area contributed by atoms with Gasteiger partial charge in [0.05, 0.1) is 17.8 Å². The van der Waals surface area contributed by atoms with E-state index in [0.29, 0.717) is 0 Å². The highest BCUT2D eigenvalue weighted by atomic mass is 79.9. The zero-order valence-corrected chi connectivity index (χ0v) is 12.1. The molecule has 1 aromatic heterocycles. The van der Waals surface area contributed by atoms with Crippen LogP contribution in [0.5, 0.6) is 5.75 Å². The van der Waals surface area contributed by atoms with Crippen molar-refractivity contribution in [2.45, 2.75) is 13.5 Å². The number of hydrogen-bond donors (Lipinski definition) is 1. The summed E-state index contributed by atoms with van der Waals surface area (Å²) < 4.78 is 11.8. The minimum absolute atomic E-state index is 0.788. The Morgan fingerprint density at radius 1 is 1.33 bits per heavy atom. The van der Waals surface area contributed by atoms with Crippen molar-refractivity contribution in [2.24, 2.45) is 0 Å². The maximum Gasteiger partial charge on any atom is 0.148 e. The van der Waals surface area contributed by atoms with Crippen molar-refractivity contribution >= 4 is 15.9 Å². The summed E-state index contributed by atoms with van der Waals surface area (Å²) in [5, 5.41) is 3.33. The van der Waals surface area contributed by atoms with Crippen molar-refractivity contribution in [3.8, 4) is 17.1 Å². The molecule has 0 unspecified atom stereocenters. The summed E-state index contributed by atoms with van der Waals surface area (Å²) in [5.41, 5.74) is 2.24. The molecule has 2 aromatic rings. The molecule has 0 radical (unpaired) electrons. The highest BCUT2D eigenvalue weighted by Crippen LogP contribution is 2.33. The van der Waals surface area contributed by atoms with E-state index in [1.807, 2.05) is 24.3 Å². The Morgan fingerprint density at radius 3 is 2.78 bits per heavy atom. The molecular weight excluding hydrogens is 294 g/mol. The molecule has 4 heteroatoms. The lowest BCUT2D eigenvalue weighted by Gasteiger charge is -2.10. The van der Waals surface area contributed by atoms with Crippen molar-refractivity contribution < 1.29 is 9.15 Å². The van der Waals surface area contributed by atoms with E-state index in [1.165, 1.54) is 0 Å². The van der Waals surface area contributed by atoms with Crippen molar-refractivity contribution in [3.63, 3.8) is 0 Å². The second kappa shape index (κ2) is 6.07. The number of halogens is 1. The predicted molar refractivity (Wildman–Crippen MR) is 75.8 cm³/mol. The number of hydrogen-bond acceptors (Lipinski definition) is 3. The Bertz CT molecular complexity index is 522. The van der Waals surface area contributed by atoms with Crippen LogP contribution in [0.1, 0.15) is 12.5 Å². The maximum absolute atomic E-state index is 5.53. The van der Waals surface area contributed by atoms with Crippen LogP contribution in [0.2, 0.25) is 0 Å². The summed E-state index contributed by atoms with van der Waals surface area (Å²) in [6.07, 6.45) is 1.68. The van der Waals surface area contributed by atoms with Crippen LogP contribution in [0.25, 0.3) is 11.3 Å². The van der Waals surface area contributed by atoms with Crippen molar-refractivity contribution in [2.75, 3.05) is 13.7 Å². The smallest absolute Gasteiger partial charge is 0.148 e. The number of methoxy groups -OCH3 is 1. The van der Waals surface area contributed by atoms with Gasteiger partial charge in [-0.3, -0.25) is 0 Å². The normalized spacial score (nSPS) is 10.6. The first-order chi connectivity index (χ1) is 8.76. The van der Waals surface area contributed by atoms with Crippen LogP contribution in [0.4, 0.5) is 0 Å². The Labute approximate surface area is 115 Å². The minimum atomic E-state index is 0.788. The summed E-state index contributed by atoms with van der Waals surface area (Å²) in [4.78, 5) is 0. The standard InChI is InChI=1S/C14H16BrNO2/c1-3-16-9-10-8-11(17-2)4-5-12(10)14-13(15)6-7-18-14/h4-8,16H,3,9H2,1-2H3. The number of nitrogens with one attached hydrogen (secondary N) is 1. The van der Waals surface area contributed by atoms with E-state index in [-0.39, 0.29) is 0 Å². The third-order valence-electron chi connectivity index (χ3n) is 2.74. The minimum Gasteiger partial charge on any atom is -0.497 e. The Balaban J connectivity index is 2.42.